The van der Waals surface area contributed by atoms with Gasteiger partial charge in [0.1, 0.15) is 18.8 Å². The number of ether oxygens (including phenoxy) is 6. The van der Waals surface area contributed by atoms with Crippen LogP contribution >= 0.6 is 8.60 Å². The number of hydrogen-bond donors (Lipinski definition) is 1. The van der Waals surface area contributed by atoms with Crippen molar-refractivity contribution in [1.82, 2.24) is 5.32 Å². The molecule has 6 atom stereocenters. The van der Waals surface area contributed by atoms with E-state index in [4.69, 9.17) is 42.0 Å². The molecule has 16 nitrogen and oxygen atoms in total. The van der Waals surface area contributed by atoms with Gasteiger partial charge in [0.2, 0.25) is 5.91 Å². The Morgan fingerprint density at radius 3 is 1.80 bits per heavy atom. The molecule has 0 radical (unpaired) electrons. The third-order valence-electron chi connectivity index (χ3n) is 7.08. The highest BCUT2D eigenvalue weighted by molar-refractivity contribution is 7.41. The van der Waals surface area contributed by atoms with E-state index in [1.165, 1.54) is 0 Å². The summed E-state index contributed by atoms with van der Waals surface area (Å²) in [4.78, 5) is 75.4. The molecule has 1 fully saturated rings. The number of methoxy groups -OCH3 is 1. The fraction of sp³-hybridized carbons (Fsp3) is 0.471. The third-order valence-corrected chi connectivity index (χ3v) is 8.20. The van der Waals surface area contributed by atoms with Gasteiger partial charge in [-0.3, -0.25) is 28.5 Å². The van der Waals surface area contributed by atoms with Gasteiger partial charge in [-0.25, -0.2) is 4.79 Å². The van der Waals surface area contributed by atoms with Crippen LogP contribution in [0.25, 0.3) is 0 Å². The van der Waals surface area contributed by atoms with E-state index in [9.17, 15) is 28.8 Å². The van der Waals surface area contributed by atoms with E-state index >= 15 is 0 Å². The largest absolute Gasteiger partial charge is 0.465 e. The molecule has 1 amide bonds. The summed E-state index contributed by atoms with van der Waals surface area (Å²) >= 11 is 0. The van der Waals surface area contributed by atoms with Gasteiger partial charge in [-0.2, -0.15) is 0 Å². The third kappa shape index (κ3) is 13.0. The predicted octanol–water partition coefficient (Wildman–Crippen LogP) is 3.18. The summed E-state index contributed by atoms with van der Waals surface area (Å²) in [6.45, 7) is 4.76. The topological polar surface area (TPSA) is 198 Å². The number of carbonyl (C=O) groups excluding carboxylic acids is 6. The Morgan fingerprint density at radius 2 is 1.35 bits per heavy atom. The van der Waals surface area contributed by atoms with E-state index in [0.717, 1.165) is 52.9 Å². The highest BCUT2D eigenvalue weighted by Gasteiger charge is 2.60. The molecule has 0 unspecified atom stereocenters. The fourth-order valence-electron chi connectivity index (χ4n) is 5.11. The van der Waals surface area contributed by atoms with Crippen LogP contribution in [0.1, 0.15) is 52.2 Å². The summed E-state index contributed by atoms with van der Waals surface area (Å²) in [5.74, 6) is -7.66. The molecule has 1 N–H and O–H groups in total. The summed E-state index contributed by atoms with van der Waals surface area (Å²) in [5.41, 5.74) is 1.47. The molecule has 3 rings (SSSR count). The number of amides is 1. The number of esters is 5. The van der Waals surface area contributed by atoms with Gasteiger partial charge in [-0.15, -0.1) is 0 Å². The van der Waals surface area contributed by atoms with Gasteiger partial charge < -0.3 is 42.8 Å². The van der Waals surface area contributed by atoms with E-state index in [1.807, 2.05) is 12.1 Å². The maximum absolute atomic E-state index is 13.8. The second-order valence-corrected chi connectivity index (χ2v) is 12.4. The van der Waals surface area contributed by atoms with Crippen molar-refractivity contribution in [3.8, 4) is 0 Å². The molecule has 0 saturated carbocycles. The summed E-state index contributed by atoms with van der Waals surface area (Å²) in [6, 6.07) is 16.7. The average molecular weight is 736 g/mol. The van der Waals surface area contributed by atoms with Crippen LogP contribution in [0.2, 0.25) is 0 Å². The summed E-state index contributed by atoms with van der Waals surface area (Å²) in [7, 11) is -1.45. The molecule has 17 heteroatoms. The first-order valence-electron chi connectivity index (χ1n) is 15.7. The van der Waals surface area contributed by atoms with Crippen molar-refractivity contribution < 1.29 is 70.8 Å². The molecule has 51 heavy (non-hydrogen) atoms. The van der Waals surface area contributed by atoms with Gasteiger partial charge in [0, 0.05) is 34.6 Å². The minimum absolute atomic E-state index is 0.0309. The number of rotatable bonds is 17. The molecular weight excluding hydrogens is 693 g/mol. The molecule has 278 valence electrons. The molecular formula is C34H42NO15P. The second kappa shape index (κ2) is 19.8. The number of nitrogens with one attached hydrogen (secondary N) is 1. The second-order valence-electron chi connectivity index (χ2n) is 11.3. The van der Waals surface area contributed by atoms with Crippen molar-refractivity contribution in [1.29, 1.82) is 0 Å². The highest BCUT2D eigenvalue weighted by atomic mass is 31.2. The van der Waals surface area contributed by atoms with Crippen LogP contribution in [-0.2, 0) is 84.0 Å². The van der Waals surface area contributed by atoms with Gasteiger partial charge in [0.05, 0.1) is 32.8 Å². The first-order valence-corrected chi connectivity index (χ1v) is 16.8. The average Bonchev–Trinajstić information content (AvgIpc) is 3.07. The van der Waals surface area contributed by atoms with Crippen molar-refractivity contribution in [3.63, 3.8) is 0 Å². The molecule has 1 saturated heterocycles. The maximum Gasteiger partial charge on any atom is 0.367 e. The normalized spacial score (nSPS) is 21.0. The van der Waals surface area contributed by atoms with E-state index in [2.05, 4.69) is 5.32 Å². The van der Waals surface area contributed by atoms with E-state index < -0.39 is 93.6 Å². The highest BCUT2D eigenvalue weighted by Crippen LogP contribution is 2.50. The number of carbonyl (C=O) groups is 6. The zero-order valence-electron chi connectivity index (χ0n) is 29.1. The summed E-state index contributed by atoms with van der Waals surface area (Å²) in [5, 5.41) is 2.61. The molecule has 0 spiro atoms. The zero-order valence-corrected chi connectivity index (χ0v) is 30.0. The van der Waals surface area contributed by atoms with Gasteiger partial charge in [0.15, 0.2) is 12.2 Å². The molecule has 1 heterocycles. The van der Waals surface area contributed by atoms with Crippen LogP contribution in [0.5, 0.6) is 0 Å². The van der Waals surface area contributed by atoms with Crippen LogP contribution in [0.4, 0.5) is 0 Å². The van der Waals surface area contributed by atoms with Crippen LogP contribution < -0.4 is 5.32 Å². The van der Waals surface area contributed by atoms with Gasteiger partial charge in [-0.05, 0) is 11.1 Å². The molecule has 0 bridgehead atoms. The summed E-state index contributed by atoms with van der Waals surface area (Å²) in [6.07, 6.45) is -6.98. The van der Waals surface area contributed by atoms with E-state index in [1.54, 1.807) is 48.5 Å². The molecule has 1 aliphatic heterocycles. The van der Waals surface area contributed by atoms with E-state index in [-0.39, 0.29) is 13.2 Å². The minimum Gasteiger partial charge on any atom is -0.465 e. The van der Waals surface area contributed by atoms with Crippen molar-refractivity contribution in [3.05, 3.63) is 71.8 Å². The van der Waals surface area contributed by atoms with Crippen molar-refractivity contribution in [2.24, 2.45) is 0 Å². The van der Waals surface area contributed by atoms with Crippen LogP contribution in [0.15, 0.2) is 60.7 Å². The SMILES string of the molecule is COC(=O)[C@]1(OP(OCc2ccccc2)OCc2ccccc2)C[C@H](OC(C)=O)[C@@H](NC(C)=O)[C@@H]([C@H](OC(C)=O)[C@@H](COC(C)=O)OC(C)=O)O1. The quantitative estimate of drug-likeness (QED) is 0.141. The van der Waals surface area contributed by atoms with Gasteiger partial charge in [-0.1, -0.05) is 60.7 Å². The van der Waals surface area contributed by atoms with Crippen molar-refractivity contribution in [2.45, 2.75) is 90.5 Å². The predicted molar refractivity (Wildman–Crippen MR) is 176 cm³/mol. The lowest BCUT2D eigenvalue weighted by atomic mass is 9.88. The maximum atomic E-state index is 13.8. The lowest BCUT2D eigenvalue weighted by Gasteiger charge is -2.48. The minimum atomic E-state index is -2.52. The molecule has 2 aromatic carbocycles. The Bertz CT molecular complexity index is 1450. The molecule has 1 aliphatic rings. The Balaban J connectivity index is 2.17. The zero-order chi connectivity index (χ0) is 37.6. The monoisotopic (exact) mass is 735 g/mol. The first-order chi connectivity index (χ1) is 24.2. The van der Waals surface area contributed by atoms with Gasteiger partial charge in [0.25, 0.3) is 5.79 Å². The fourth-order valence-corrected chi connectivity index (χ4v) is 6.23. The van der Waals surface area contributed by atoms with Crippen LogP contribution in [0, 0.1) is 0 Å². The lowest BCUT2D eigenvalue weighted by Crippen LogP contribution is -2.69. The van der Waals surface area contributed by atoms with E-state index in [0.29, 0.717) is 0 Å². The first kappa shape index (κ1) is 41.0. The van der Waals surface area contributed by atoms with Gasteiger partial charge >= 0.3 is 38.4 Å². The van der Waals surface area contributed by atoms with Crippen LogP contribution in [0.3, 0.4) is 0 Å². The lowest BCUT2D eigenvalue weighted by molar-refractivity contribution is -0.292. The van der Waals surface area contributed by atoms with Crippen LogP contribution in [-0.4, -0.2) is 85.7 Å². The van der Waals surface area contributed by atoms with Crippen molar-refractivity contribution in [2.75, 3.05) is 13.7 Å². The summed E-state index contributed by atoms with van der Waals surface area (Å²) < 4.78 is 51.6. The molecule has 0 aromatic heterocycles. The molecule has 0 aliphatic carbocycles. The number of benzene rings is 2. The Morgan fingerprint density at radius 1 is 0.804 bits per heavy atom. The standard InChI is InChI=1S/C34H42NO15P/c1-21(36)35-30-28(46-23(3)38)17-34(33(41)42-6,49-32(30)31(48-25(5)40)29(47-24(4)39)20-43-22(2)37)50-51(44-18-26-13-9-7-10-14-26)45-19-27-15-11-8-12-16-27/h7-16,28-32H,17-20H2,1-6H3,(H,35,36)/t28-,29+,30+,31+,32-,34+/m0/s1. The number of hydrogen-bond acceptors (Lipinski definition) is 15. The Hall–Kier alpha value is -4.47. The smallest absolute Gasteiger partial charge is 0.367 e. The van der Waals surface area contributed by atoms with Crippen molar-refractivity contribution >= 4 is 44.4 Å². The Kier molecular flexibility index (Phi) is 15.9. The molecule has 2 aromatic rings. The Labute approximate surface area is 296 Å².